The molecule has 13 aromatic rings. The first-order valence-electron chi connectivity index (χ1n) is 21.6. The molecule has 292 valence electrons. The fraction of sp³-hybridized carbons (Fsp3) is 0.0182. The monoisotopic (exact) mass is 826 g/mol. The van der Waals surface area contributed by atoms with E-state index in [0.717, 1.165) is 99.3 Å². The number of benzene rings is 9. The molecule has 4 nitrogen and oxygen atoms in total. The van der Waals surface area contributed by atoms with Crippen LogP contribution in [0.5, 0.6) is 0 Å². The number of aromatic nitrogens is 2. The van der Waals surface area contributed by atoms with Crippen molar-refractivity contribution in [2.24, 2.45) is 0 Å². The fourth-order valence-corrected chi connectivity index (χ4v) is 10.1. The zero-order valence-electron chi connectivity index (χ0n) is 35.8. The van der Waals surface area contributed by atoms with E-state index in [-0.39, 0.29) is 10.9 Å². The number of rotatable bonds is 4. The molecule has 0 fully saturated rings. The summed E-state index contributed by atoms with van der Waals surface area (Å²) in [5.41, 5.74) is 14.3. The molecule has 0 aliphatic carbocycles. The molecule has 13 rings (SSSR count). The quantitative estimate of drug-likeness (QED) is 0.169. The van der Waals surface area contributed by atoms with Crippen LogP contribution in [0.1, 0.15) is 0 Å². The first kappa shape index (κ1) is 40.2. The van der Waals surface area contributed by atoms with Gasteiger partial charge in [0.1, 0.15) is 69.4 Å². The Morgan fingerprint density at radius 2 is 0.864 bits per heavy atom. The third kappa shape index (κ3) is 5.75. The Kier molecular flexibility index (Phi) is 9.19. The molecule has 0 saturated carbocycles. The molecule has 0 aliphatic rings. The molecule has 0 bridgehead atoms. The number of fused-ring (bicyclic) bond motifs is 12. The van der Waals surface area contributed by atoms with E-state index < -0.39 is 0 Å². The van der Waals surface area contributed by atoms with Crippen LogP contribution in [0.3, 0.4) is 0 Å². The Hall–Kier alpha value is -7.37. The van der Waals surface area contributed by atoms with Gasteiger partial charge in [0.2, 0.25) is 0 Å². The van der Waals surface area contributed by atoms with E-state index in [1.807, 2.05) is 77.4 Å². The zero-order chi connectivity index (χ0) is 45.1. The summed E-state index contributed by atoms with van der Waals surface area (Å²) >= 11 is 0. The summed E-state index contributed by atoms with van der Waals surface area (Å²) in [6.45, 7) is 1.50. The van der Waals surface area contributed by atoms with Crippen LogP contribution in [0, 0.1) is 0 Å². The minimum Gasteiger partial charge on any atom is -0.456 e. The third-order valence-corrected chi connectivity index (χ3v) is 13.1. The minimum absolute atomic E-state index is 0.210. The second-order valence-corrected chi connectivity index (χ2v) is 16.6. The van der Waals surface area contributed by atoms with E-state index in [9.17, 15) is 0 Å². The molecular formula is C55H29B7N2O2. The van der Waals surface area contributed by atoms with Crippen LogP contribution >= 0.6 is 0 Å². The lowest BCUT2D eigenvalue weighted by Crippen LogP contribution is -2.48. The highest BCUT2D eigenvalue weighted by molar-refractivity contribution is 6.68. The van der Waals surface area contributed by atoms with Crippen molar-refractivity contribution in [3.8, 4) is 33.6 Å². The van der Waals surface area contributed by atoms with Gasteiger partial charge in [0.25, 0.3) is 0 Å². The van der Waals surface area contributed by atoms with Crippen LogP contribution in [0.15, 0.2) is 167 Å². The van der Waals surface area contributed by atoms with Gasteiger partial charge in [-0.1, -0.05) is 101 Å². The topological polar surface area (TPSA) is 36.1 Å². The Morgan fingerprint density at radius 3 is 1.53 bits per heavy atom. The summed E-state index contributed by atoms with van der Waals surface area (Å²) in [7, 11) is 45.6. The lowest BCUT2D eigenvalue weighted by molar-refractivity contribution is 0.668. The van der Waals surface area contributed by atoms with Gasteiger partial charge < -0.3 is 18.0 Å². The van der Waals surface area contributed by atoms with Gasteiger partial charge in [-0.25, -0.2) is 0 Å². The van der Waals surface area contributed by atoms with E-state index in [2.05, 4.69) is 97.3 Å². The number of hydrogen-bond acceptors (Lipinski definition) is 2. The van der Waals surface area contributed by atoms with Gasteiger partial charge in [-0.15, -0.1) is 10.9 Å². The summed E-state index contributed by atoms with van der Waals surface area (Å²) in [6, 6.07) is 53.9. The molecule has 4 aromatic heterocycles. The van der Waals surface area contributed by atoms with Gasteiger partial charge in [0.05, 0.1) is 24.4 Å². The van der Waals surface area contributed by atoms with Crippen molar-refractivity contribution < 1.29 is 8.83 Å². The zero-order valence-corrected chi connectivity index (χ0v) is 35.8. The average Bonchev–Trinajstić information content (AvgIpc) is 4.11. The van der Waals surface area contributed by atoms with Crippen molar-refractivity contribution >= 4 is 175 Å². The smallest absolute Gasteiger partial charge is 0.135 e. The molecule has 0 saturated heterocycles. The standard InChI is InChI=1S/C54H26B6N2O2.CH3B/c55-38-26-41-47(48-50(57)51(58)52(59)53(60)54(48)62(41)30-8-2-1-3-9-30)49(56)46(38)29-15-19-40-35(24-29)34-22-27(28-16-20-44-36(23-28)32-10-4-6-12-42(32)63-44)14-18-39(34)61(40)31-17-21-45-37(25-31)33-11-5-7-13-43(33)64-45;1-2/h1-26H;1H3. The molecule has 11 heteroatoms. The van der Waals surface area contributed by atoms with Gasteiger partial charge in [-0.2, -0.15) is 0 Å². The first-order chi connectivity index (χ1) is 32.2. The highest BCUT2D eigenvalue weighted by Crippen LogP contribution is 2.40. The molecule has 0 N–H and O–H groups in total. The van der Waals surface area contributed by atoms with Crippen LogP contribution < -0.4 is 32.8 Å². The molecule has 9 aromatic carbocycles. The summed E-state index contributed by atoms with van der Waals surface area (Å²) < 4.78 is 16.8. The van der Waals surface area contributed by atoms with Gasteiger partial charge in [0, 0.05) is 54.6 Å². The van der Waals surface area contributed by atoms with Crippen molar-refractivity contribution in [3.05, 3.63) is 158 Å². The molecule has 66 heavy (non-hydrogen) atoms. The van der Waals surface area contributed by atoms with E-state index in [4.69, 9.17) is 55.9 Å². The average molecular weight is 826 g/mol. The predicted octanol–water partition coefficient (Wildman–Crippen LogP) is 7.98. The lowest BCUT2D eigenvalue weighted by atomic mass is 9.65. The summed E-state index contributed by atoms with van der Waals surface area (Å²) in [4.78, 5) is 0. The maximum atomic E-state index is 7.35. The molecule has 0 atom stereocenters. The highest BCUT2D eigenvalue weighted by Gasteiger charge is 2.23. The number of nitrogens with zero attached hydrogens (tertiary/aromatic N) is 2. The molecule has 14 radical (unpaired) electrons. The largest absolute Gasteiger partial charge is 0.456 e. The first-order valence-corrected chi connectivity index (χ1v) is 21.6. The lowest BCUT2D eigenvalue weighted by Gasteiger charge is -2.16. The van der Waals surface area contributed by atoms with E-state index in [0.29, 0.717) is 43.7 Å². The second kappa shape index (κ2) is 15.1. The third-order valence-electron chi connectivity index (χ3n) is 13.1. The SMILES string of the molecule is [B]C.[B]c1cc2c(c([B])c1-c1ccc3c(c1)c1cc(-c4ccc5oc6ccccc6c5c4)ccc1n3-c1ccc3oc4ccccc4c3c1)c1c([B])c([B])c([B])c([B])c1n2-c1ccccc1. The number of furan rings is 2. The highest BCUT2D eigenvalue weighted by atomic mass is 16.3. The van der Waals surface area contributed by atoms with Gasteiger partial charge in [-0.3, -0.25) is 0 Å². The van der Waals surface area contributed by atoms with Gasteiger partial charge in [-0.05, 0) is 113 Å². The Bertz CT molecular complexity index is 4160. The minimum atomic E-state index is 0.210. The van der Waals surface area contributed by atoms with Gasteiger partial charge in [0.15, 0.2) is 0 Å². The van der Waals surface area contributed by atoms with E-state index in [1.54, 1.807) is 0 Å². The molecule has 0 aliphatic heterocycles. The van der Waals surface area contributed by atoms with E-state index >= 15 is 0 Å². The summed E-state index contributed by atoms with van der Waals surface area (Å²) in [5.74, 6) is 0. The Balaban J connectivity index is 0.00000225. The Labute approximate surface area is 389 Å². The molecule has 0 unspecified atom stereocenters. The van der Waals surface area contributed by atoms with Crippen LogP contribution in [0.25, 0.3) is 121 Å². The van der Waals surface area contributed by atoms with Gasteiger partial charge >= 0.3 is 0 Å². The molecule has 0 amide bonds. The maximum absolute atomic E-state index is 7.35. The van der Waals surface area contributed by atoms with Crippen molar-refractivity contribution in [1.29, 1.82) is 0 Å². The number of hydrogen-bond donors (Lipinski definition) is 0. The molecule has 0 spiro atoms. The van der Waals surface area contributed by atoms with Crippen molar-refractivity contribution in [3.63, 3.8) is 0 Å². The normalized spacial score (nSPS) is 11.8. The van der Waals surface area contributed by atoms with Crippen LogP contribution in [-0.2, 0) is 0 Å². The molecular weight excluding hydrogens is 796 g/mol. The van der Waals surface area contributed by atoms with Crippen LogP contribution in [0.4, 0.5) is 0 Å². The summed E-state index contributed by atoms with van der Waals surface area (Å²) in [5, 5.41) is 7.64. The maximum Gasteiger partial charge on any atom is 0.135 e. The summed E-state index contributed by atoms with van der Waals surface area (Å²) in [6.07, 6.45) is 0. The predicted molar refractivity (Wildman–Crippen MR) is 284 cm³/mol. The van der Waals surface area contributed by atoms with Crippen LogP contribution in [0.2, 0.25) is 6.82 Å². The number of para-hydroxylation sites is 3. The molecule has 4 heterocycles. The van der Waals surface area contributed by atoms with Crippen molar-refractivity contribution in [2.45, 2.75) is 6.82 Å². The second-order valence-electron chi connectivity index (χ2n) is 16.6. The van der Waals surface area contributed by atoms with Crippen molar-refractivity contribution in [1.82, 2.24) is 9.13 Å². The van der Waals surface area contributed by atoms with Crippen LogP contribution in [-0.4, -0.2) is 64.1 Å². The van der Waals surface area contributed by atoms with E-state index in [1.165, 1.54) is 6.82 Å². The Morgan fingerprint density at radius 1 is 0.348 bits per heavy atom. The van der Waals surface area contributed by atoms with Crippen molar-refractivity contribution in [2.75, 3.05) is 0 Å². The fourth-order valence-electron chi connectivity index (χ4n) is 10.1.